The van der Waals surface area contributed by atoms with Gasteiger partial charge >= 0.3 is 0 Å². The van der Waals surface area contributed by atoms with Crippen molar-refractivity contribution in [2.45, 2.75) is 71.6 Å². The zero-order chi connectivity index (χ0) is 55.8. The molecule has 0 fully saturated rings. The van der Waals surface area contributed by atoms with E-state index in [-0.39, 0.29) is 23.0 Å². The van der Waals surface area contributed by atoms with E-state index in [9.17, 15) is 0 Å². The minimum Gasteiger partial charge on any atom is -0.456 e. The maximum absolute atomic E-state index is 6.87. The van der Waals surface area contributed by atoms with Gasteiger partial charge in [0.1, 0.15) is 11.2 Å². The molecule has 0 spiro atoms. The lowest BCUT2D eigenvalue weighted by Gasteiger charge is -2.45. The summed E-state index contributed by atoms with van der Waals surface area (Å²) in [4.78, 5) is 5.14. The molecule has 0 atom stereocenters. The molecule has 82 heavy (non-hydrogen) atoms. The molecule has 0 bridgehead atoms. The van der Waals surface area contributed by atoms with Gasteiger partial charge in [0.2, 0.25) is 0 Å². The van der Waals surface area contributed by atoms with Gasteiger partial charge in [0.05, 0.1) is 16.7 Å². The van der Waals surface area contributed by atoms with Crippen LogP contribution in [-0.2, 0) is 16.2 Å². The maximum atomic E-state index is 6.87. The highest BCUT2D eigenvalue weighted by molar-refractivity contribution is 7.00. The Morgan fingerprint density at radius 2 is 0.793 bits per heavy atom. The van der Waals surface area contributed by atoms with Crippen LogP contribution in [0, 0.1) is 0 Å². The summed E-state index contributed by atoms with van der Waals surface area (Å²) in [6, 6.07) is 90.9. The monoisotopic (exact) mass is 1060 g/mol. The molecule has 15 rings (SSSR count). The lowest BCUT2D eigenvalue weighted by molar-refractivity contribution is 0.590. The highest BCUT2D eigenvalue weighted by Crippen LogP contribution is 2.49. The molecule has 2 aliphatic heterocycles. The Hall–Kier alpha value is -9.32. The van der Waals surface area contributed by atoms with E-state index in [4.69, 9.17) is 4.42 Å². The molecule has 4 nitrogen and oxygen atoms in total. The van der Waals surface area contributed by atoms with Crippen molar-refractivity contribution >= 4 is 101 Å². The van der Waals surface area contributed by atoms with Crippen LogP contribution in [0.5, 0.6) is 0 Å². The van der Waals surface area contributed by atoms with Gasteiger partial charge in [0.25, 0.3) is 6.71 Å². The van der Waals surface area contributed by atoms with Crippen LogP contribution in [0.4, 0.5) is 34.1 Å². The molecule has 2 aromatic heterocycles. The van der Waals surface area contributed by atoms with Crippen molar-refractivity contribution in [3.8, 4) is 27.9 Å². The first kappa shape index (κ1) is 49.7. The molecule has 0 saturated heterocycles. The van der Waals surface area contributed by atoms with Gasteiger partial charge in [0.15, 0.2) is 0 Å². The van der Waals surface area contributed by atoms with Crippen molar-refractivity contribution in [2.24, 2.45) is 0 Å². The third-order valence-corrected chi connectivity index (χ3v) is 18.0. The number of hydrogen-bond donors (Lipinski definition) is 0. The highest BCUT2D eigenvalue weighted by atomic mass is 16.3. The second-order valence-electron chi connectivity index (χ2n) is 25.4. The normalized spacial score (nSPS) is 13.3. The van der Waals surface area contributed by atoms with Crippen LogP contribution in [0.2, 0.25) is 0 Å². The van der Waals surface area contributed by atoms with Gasteiger partial charge in [-0.05, 0) is 157 Å². The average molecular weight is 1060 g/mol. The van der Waals surface area contributed by atoms with Crippen LogP contribution in [0.3, 0.4) is 0 Å². The van der Waals surface area contributed by atoms with Crippen molar-refractivity contribution in [2.75, 3.05) is 9.80 Å². The molecule has 4 heterocycles. The molecule has 2 aliphatic rings. The Balaban J connectivity index is 1.07. The number of rotatable bonds is 7. The fraction of sp³-hybridized carbons (Fsp3) is 0.143. The lowest BCUT2D eigenvalue weighted by atomic mass is 9.33. The topological polar surface area (TPSA) is 24.6 Å². The summed E-state index contributed by atoms with van der Waals surface area (Å²) >= 11 is 0. The van der Waals surface area contributed by atoms with Crippen LogP contribution >= 0.6 is 0 Å². The standard InChI is InChI=1S/C77H64BN3O/c1-75(2,3)54-33-40-66-61(42-54)62-43-55(76(4,5)6)34-41-67(62)81(66)59-45-70-74-71(46-59)80(58-37-30-52(31-38-58)50-22-14-10-15-23-50)69-47-63-60-26-18-19-27-72(60)82-73(63)48-65(69)78(74)64-39-32-56(77(7,8)53-24-16-11-17-25-53)44-68(64)79(70)57-35-28-51(29-36-57)49-20-12-9-13-21-49/h9-48H,1-8H3. The first-order valence-electron chi connectivity index (χ1n) is 29.0. The fourth-order valence-corrected chi connectivity index (χ4v) is 13.4. The van der Waals surface area contributed by atoms with Crippen LogP contribution in [-0.4, -0.2) is 11.3 Å². The van der Waals surface area contributed by atoms with Crippen molar-refractivity contribution in [1.29, 1.82) is 0 Å². The third-order valence-electron chi connectivity index (χ3n) is 18.0. The molecule has 0 aliphatic carbocycles. The molecule has 0 saturated carbocycles. The molecule has 396 valence electrons. The zero-order valence-corrected chi connectivity index (χ0v) is 47.9. The van der Waals surface area contributed by atoms with Crippen molar-refractivity contribution in [3.05, 3.63) is 265 Å². The second-order valence-corrected chi connectivity index (χ2v) is 25.4. The predicted octanol–water partition coefficient (Wildman–Crippen LogP) is 19.0. The summed E-state index contributed by atoms with van der Waals surface area (Å²) < 4.78 is 9.42. The molecule has 0 amide bonds. The number of hydrogen-bond acceptors (Lipinski definition) is 3. The smallest absolute Gasteiger partial charge is 0.252 e. The minimum absolute atomic E-state index is 0.0389. The summed E-state index contributed by atoms with van der Waals surface area (Å²) in [6.45, 7) is 18.5. The SMILES string of the molecule is CC(C)(C)c1ccc2c(c1)c1cc(C(C)(C)C)ccc1n2-c1cc2c3c(c1)N(c1ccc(-c4ccccc4)cc1)c1cc4c(cc1B3c1ccc(C(C)(C)c3ccccc3)cc1N2c1ccc(-c2ccccc2)cc1)oc1ccccc14. The van der Waals surface area contributed by atoms with Crippen molar-refractivity contribution in [1.82, 2.24) is 4.57 Å². The lowest BCUT2D eigenvalue weighted by Crippen LogP contribution is -2.61. The Morgan fingerprint density at radius 1 is 0.317 bits per heavy atom. The number of para-hydroxylation sites is 1. The molecule has 0 N–H and O–H groups in total. The van der Waals surface area contributed by atoms with Crippen LogP contribution < -0.4 is 26.2 Å². The maximum Gasteiger partial charge on any atom is 0.252 e. The second kappa shape index (κ2) is 18.4. The zero-order valence-electron chi connectivity index (χ0n) is 47.9. The third kappa shape index (κ3) is 7.88. The van der Waals surface area contributed by atoms with E-state index in [1.807, 2.05) is 0 Å². The van der Waals surface area contributed by atoms with Crippen LogP contribution in [0.25, 0.3) is 71.7 Å². The first-order valence-corrected chi connectivity index (χ1v) is 29.0. The van der Waals surface area contributed by atoms with E-state index >= 15 is 0 Å². The van der Waals surface area contributed by atoms with E-state index in [0.29, 0.717) is 0 Å². The highest BCUT2D eigenvalue weighted by Gasteiger charge is 2.45. The quantitative estimate of drug-likeness (QED) is 0.149. The molecular formula is C77H64BN3O. The van der Waals surface area contributed by atoms with E-state index in [0.717, 1.165) is 61.8 Å². The van der Waals surface area contributed by atoms with Gasteiger partial charge in [-0.3, -0.25) is 0 Å². The summed E-state index contributed by atoms with van der Waals surface area (Å²) in [5.74, 6) is 0. The van der Waals surface area contributed by atoms with Crippen LogP contribution in [0.15, 0.2) is 247 Å². The predicted molar refractivity (Wildman–Crippen MR) is 349 cm³/mol. The minimum atomic E-state index is -0.305. The van der Waals surface area contributed by atoms with E-state index in [1.165, 1.54) is 82.7 Å². The number of furan rings is 1. The molecule has 5 heteroatoms. The van der Waals surface area contributed by atoms with Gasteiger partial charge in [-0.15, -0.1) is 0 Å². The summed E-state index contributed by atoms with van der Waals surface area (Å²) in [7, 11) is 0. The molecule has 13 aromatic rings. The Labute approximate surface area is 481 Å². The number of nitrogens with zero attached hydrogens (tertiary/aromatic N) is 3. The molecule has 0 unspecified atom stereocenters. The summed E-state index contributed by atoms with van der Waals surface area (Å²) in [5.41, 5.74) is 25.2. The number of benzene rings is 11. The van der Waals surface area contributed by atoms with Gasteiger partial charge in [-0.2, -0.15) is 0 Å². The van der Waals surface area contributed by atoms with Crippen LogP contribution in [0.1, 0.15) is 77.6 Å². The molecule has 0 radical (unpaired) electrons. The Bertz CT molecular complexity index is 4580. The Kier molecular flexibility index (Phi) is 11.1. The van der Waals surface area contributed by atoms with E-state index in [1.54, 1.807) is 0 Å². The summed E-state index contributed by atoms with van der Waals surface area (Å²) in [6.07, 6.45) is 0. The molecule has 11 aromatic carbocycles. The first-order chi connectivity index (χ1) is 39.7. The number of aromatic nitrogens is 1. The number of fused-ring (bicyclic) bond motifs is 10. The fourth-order valence-electron chi connectivity index (χ4n) is 13.4. The van der Waals surface area contributed by atoms with E-state index in [2.05, 4.69) is 312 Å². The van der Waals surface area contributed by atoms with Crippen molar-refractivity contribution in [3.63, 3.8) is 0 Å². The largest absolute Gasteiger partial charge is 0.456 e. The average Bonchev–Trinajstić information content (AvgIpc) is 1.19. The van der Waals surface area contributed by atoms with Gasteiger partial charge < -0.3 is 18.8 Å². The van der Waals surface area contributed by atoms with Gasteiger partial charge in [-0.25, -0.2) is 0 Å². The Morgan fingerprint density at radius 3 is 1.33 bits per heavy atom. The van der Waals surface area contributed by atoms with Gasteiger partial charge in [-0.1, -0.05) is 213 Å². The number of anilines is 6. The van der Waals surface area contributed by atoms with Crippen molar-refractivity contribution < 1.29 is 4.42 Å². The molecular weight excluding hydrogens is 994 g/mol. The summed E-state index contributed by atoms with van der Waals surface area (Å²) in [5, 5.41) is 4.73. The van der Waals surface area contributed by atoms with Gasteiger partial charge in [0, 0.05) is 61.1 Å². The van der Waals surface area contributed by atoms with E-state index < -0.39 is 0 Å².